The van der Waals surface area contributed by atoms with E-state index >= 15 is 0 Å². The molecule has 1 aliphatic heterocycles. The van der Waals surface area contributed by atoms with E-state index in [1.807, 2.05) is 0 Å². The lowest BCUT2D eigenvalue weighted by Gasteiger charge is -2.13. The molecule has 0 amide bonds. The minimum atomic E-state index is 0.105. The molecular weight excluding hydrogens is 324 g/mol. The van der Waals surface area contributed by atoms with Gasteiger partial charge in [-0.15, -0.1) is 11.6 Å². The average Bonchev–Trinajstić information content (AvgIpc) is 2.63. The number of halogens is 2. The molecule has 2 nitrogen and oxygen atoms in total. The molecule has 0 aromatic heterocycles. The van der Waals surface area contributed by atoms with E-state index in [0.717, 1.165) is 13.2 Å². The van der Waals surface area contributed by atoms with Crippen LogP contribution in [0.25, 0.3) is 0 Å². The summed E-state index contributed by atoms with van der Waals surface area (Å²) in [5, 5.41) is 3.51. The molecule has 1 aromatic carbocycles. The summed E-state index contributed by atoms with van der Waals surface area (Å²) >= 11 is 8.39. The Morgan fingerprint density at radius 1 is 1.33 bits per heavy atom. The summed E-state index contributed by atoms with van der Waals surface area (Å²) < 4.78 is 6.54. The first-order valence-electron chi connectivity index (χ1n) is 4.95. The van der Waals surface area contributed by atoms with Crippen LogP contribution in [0.2, 0.25) is 0 Å². The van der Waals surface area contributed by atoms with E-state index in [9.17, 15) is 0 Å². The molecule has 1 aliphatic rings. The van der Waals surface area contributed by atoms with Gasteiger partial charge in [-0.2, -0.15) is 0 Å². The second-order valence-electron chi connectivity index (χ2n) is 3.67. The van der Waals surface area contributed by atoms with Crippen LogP contribution in [0.1, 0.15) is 5.56 Å². The average molecular weight is 338 g/mol. The van der Waals surface area contributed by atoms with Crippen LogP contribution in [0.15, 0.2) is 24.3 Å². The number of alkyl halides is 1. The second-order valence-corrected chi connectivity index (χ2v) is 5.47. The molecule has 0 spiro atoms. The third-order valence-corrected chi connectivity index (χ3v) is 3.64. The maximum absolute atomic E-state index is 6.08. The van der Waals surface area contributed by atoms with Gasteiger partial charge in [0.15, 0.2) is 0 Å². The van der Waals surface area contributed by atoms with Crippen molar-refractivity contribution >= 4 is 34.2 Å². The van der Waals surface area contributed by atoms with Gasteiger partial charge in [0.05, 0.1) is 18.6 Å². The molecule has 2 rings (SSSR count). The van der Waals surface area contributed by atoms with Gasteiger partial charge >= 0.3 is 0 Å². The molecule has 1 fully saturated rings. The van der Waals surface area contributed by atoms with E-state index in [1.165, 1.54) is 9.13 Å². The molecule has 2 atom stereocenters. The molecule has 0 radical (unpaired) electrons. The van der Waals surface area contributed by atoms with Gasteiger partial charge in [0, 0.05) is 16.2 Å². The van der Waals surface area contributed by atoms with Crippen molar-refractivity contribution in [3.63, 3.8) is 0 Å². The second kappa shape index (κ2) is 5.48. The molecule has 82 valence electrons. The topological polar surface area (TPSA) is 21.3 Å². The quantitative estimate of drug-likeness (QED) is 0.675. The van der Waals surface area contributed by atoms with Gasteiger partial charge in [0.2, 0.25) is 0 Å². The molecule has 0 saturated carbocycles. The molecule has 15 heavy (non-hydrogen) atoms. The van der Waals surface area contributed by atoms with Crippen LogP contribution in [0.4, 0.5) is 0 Å². The van der Waals surface area contributed by atoms with Crippen LogP contribution in [0.5, 0.6) is 0 Å². The highest BCUT2D eigenvalue weighted by Gasteiger charge is 2.25. The largest absolute Gasteiger partial charge is 0.378 e. The van der Waals surface area contributed by atoms with Crippen molar-refractivity contribution in [2.45, 2.75) is 18.0 Å². The summed E-state index contributed by atoms with van der Waals surface area (Å²) in [6.45, 7) is 2.23. The fraction of sp³-hybridized carbons (Fsp3) is 0.455. The Balaban J connectivity index is 1.85. The Morgan fingerprint density at radius 2 is 2.07 bits per heavy atom. The van der Waals surface area contributed by atoms with E-state index in [-0.39, 0.29) is 11.4 Å². The third-order valence-electron chi connectivity index (χ3n) is 2.49. The maximum Gasteiger partial charge on any atom is 0.0745 e. The van der Waals surface area contributed by atoms with E-state index in [4.69, 9.17) is 16.3 Å². The number of hydrogen-bond acceptors (Lipinski definition) is 2. The van der Waals surface area contributed by atoms with Gasteiger partial charge in [-0.25, -0.2) is 0 Å². The number of rotatable bonds is 3. The highest BCUT2D eigenvalue weighted by molar-refractivity contribution is 14.1. The van der Waals surface area contributed by atoms with Crippen LogP contribution in [-0.2, 0) is 11.3 Å². The molecule has 1 aromatic rings. The number of ether oxygens (including phenoxy) is 1. The lowest BCUT2D eigenvalue weighted by molar-refractivity contribution is 0.190. The molecule has 1 saturated heterocycles. The lowest BCUT2D eigenvalue weighted by Crippen LogP contribution is -2.35. The Bertz CT molecular complexity index is 317. The summed E-state index contributed by atoms with van der Waals surface area (Å²) in [5.41, 5.74) is 1.28. The van der Waals surface area contributed by atoms with Crippen molar-refractivity contribution in [2.24, 2.45) is 0 Å². The van der Waals surface area contributed by atoms with Gasteiger partial charge < -0.3 is 10.1 Å². The van der Waals surface area contributed by atoms with Crippen molar-refractivity contribution < 1.29 is 4.74 Å². The number of benzene rings is 1. The summed E-state index contributed by atoms with van der Waals surface area (Å²) in [5.74, 6) is 0. The molecule has 2 unspecified atom stereocenters. The maximum atomic E-state index is 6.08. The Hall–Kier alpha value is 0.160. The molecule has 1 N–H and O–H groups in total. The van der Waals surface area contributed by atoms with E-state index in [1.54, 1.807) is 0 Å². The highest BCUT2D eigenvalue weighted by Crippen LogP contribution is 2.13. The van der Waals surface area contributed by atoms with Gasteiger partial charge in [-0.1, -0.05) is 12.1 Å². The predicted molar refractivity (Wildman–Crippen MR) is 70.2 cm³/mol. The fourth-order valence-corrected chi connectivity index (χ4v) is 2.18. The number of nitrogens with one attached hydrogen (secondary N) is 1. The minimum absolute atomic E-state index is 0.105. The fourth-order valence-electron chi connectivity index (χ4n) is 1.57. The monoisotopic (exact) mass is 337 g/mol. The van der Waals surface area contributed by atoms with Crippen LogP contribution < -0.4 is 5.32 Å². The Labute approximate surface area is 108 Å². The molecular formula is C11H13ClINO. The molecule has 0 bridgehead atoms. The normalized spacial score (nSPS) is 25.7. The van der Waals surface area contributed by atoms with Gasteiger partial charge in [0.1, 0.15) is 0 Å². The first kappa shape index (κ1) is 11.6. The van der Waals surface area contributed by atoms with Crippen molar-refractivity contribution in [1.29, 1.82) is 0 Å². The van der Waals surface area contributed by atoms with Crippen LogP contribution in [0.3, 0.4) is 0 Å². The highest BCUT2D eigenvalue weighted by atomic mass is 127. The first-order valence-corrected chi connectivity index (χ1v) is 6.47. The van der Waals surface area contributed by atoms with Crippen LogP contribution >= 0.6 is 34.2 Å². The smallest absolute Gasteiger partial charge is 0.0745 e. The summed E-state index contributed by atoms with van der Waals surface area (Å²) in [6.07, 6.45) is 0. The van der Waals surface area contributed by atoms with Crippen molar-refractivity contribution in [3.05, 3.63) is 33.4 Å². The van der Waals surface area contributed by atoms with Crippen LogP contribution in [0, 0.1) is 3.57 Å². The zero-order valence-corrected chi connectivity index (χ0v) is 11.2. The van der Waals surface area contributed by atoms with Crippen molar-refractivity contribution in [2.75, 3.05) is 13.2 Å². The first-order chi connectivity index (χ1) is 7.25. The Kier molecular flexibility index (Phi) is 4.25. The zero-order chi connectivity index (χ0) is 10.7. The molecule has 1 heterocycles. The van der Waals surface area contributed by atoms with E-state index in [0.29, 0.717) is 6.61 Å². The van der Waals surface area contributed by atoms with Crippen molar-refractivity contribution in [1.82, 2.24) is 5.32 Å². The summed E-state index contributed by atoms with van der Waals surface area (Å²) in [6, 6.07) is 8.77. The predicted octanol–water partition coefficient (Wildman–Crippen LogP) is 2.39. The Morgan fingerprint density at radius 3 is 2.67 bits per heavy atom. The zero-order valence-electron chi connectivity index (χ0n) is 8.25. The van der Waals surface area contributed by atoms with Gasteiger partial charge in [-0.3, -0.25) is 0 Å². The van der Waals surface area contributed by atoms with E-state index in [2.05, 4.69) is 52.2 Å². The van der Waals surface area contributed by atoms with Crippen molar-refractivity contribution in [3.8, 4) is 0 Å². The van der Waals surface area contributed by atoms with Gasteiger partial charge in [0.25, 0.3) is 0 Å². The molecule has 0 aliphatic carbocycles. The minimum Gasteiger partial charge on any atom is -0.378 e. The van der Waals surface area contributed by atoms with E-state index < -0.39 is 0 Å². The summed E-state index contributed by atoms with van der Waals surface area (Å²) in [7, 11) is 0. The number of hydrogen-bond donors (Lipinski definition) is 1. The van der Waals surface area contributed by atoms with Crippen LogP contribution in [-0.4, -0.2) is 24.6 Å². The lowest BCUT2D eigenvalue weighted by atomic mass is 10.2. The summed E-state index contributed by atoms with van der Waals surface area (Å²) in [4.78, 5) is 0. The third kappa shape index (κ3) is 3.31. The molecule has 4 heteroatoms. The standard InChI is InChI=1S/C11H13ClINO/c12-10-6-15-7-11(10)14-5-8-1-3-9(13)4-2-8/h1-4,10-11,14H,5-7H2. The SMILES string of the molecule is ClC1COCC1NCc1ccc(I)cc1. The van der Waals surface area contributed by atoms with Gasteiger partial charge in [-0.05, 0) is 40.3 Å².